The van der Waals surface area contributed by atoms with Crippen LogP contribution in [0.15, 0.2) is 37.0 Å². The maximum absolute atomic E-state index is 12.8. The molecule has 25 heavy (non-hydrogen) atoms. The summed E-state index contributed by atoms with van der Waals surface area (Å²) in [6, 6.07) is 7.88. The summed E-state index contributed by atoms with van der Waals surface area (Å²) in [5, 5.41) is 3.37. The Labute approximate surface area is 148 Å². The van der Waals surface area contributed by atoms with Gasteiger partial charge in [0.25, 0.3) is 0 Å². The number of aromatic nitrogens is 1. The van der Waals surface area contributed by atoms with E-state index in [2.05, 4.69) is 23.8 Å². The van der Waals surface area contributed by atoms with Crippen molar-refractivity contribution < 1.29 is 9.53 Å². The van der Waals surface area contributed by atoms with Crippen molar-refractivity contribution in [2.45, 2.75) is 33.6 Å². The van der Waals surface area contributed by atoms with Crippen LogP contribution >= 0.6 is 0 Å². The van der Waals surface area contributed by atoms with Crippen LogP contribution in [0.3, 0.4) is 0 Å². The van der Waals surface area contributed by atoms with Crippen molar-refractivity contribution in [2.75, 3.05) is 11.9 Å². The third-order valence-corrected chi connectivity index (χ3v) is 4.52. The van der Waals surface area contributed by atoms with Crippen molar-refractivity contribution in [1.29, 1.82) is 0 Å². The second-order valence-corrected chi connectivity index (χ2v) is 6.56. The third-order valence-electron chi connectivity index (χ3n) is 4.52. The lowest BCUT2D eigenvalue weighted by molar-refractivity contribution is 0.0939. The van der Waals surface area contributed by atoms with Crippen molar-refractivity contribution in [3.8, 4) is 5.88 Å². The predicted octanol–water partition coefficient (Wildman–Crippen LogP) is 4.50. The monoisotopic (exact) mass is 336 g/mol. The van der Waals surface area contributed by atoms with Gasteiger partial charge in [-0.15, -0.1) is 0 Å². The van der Waals surface area contributed by atoms with Gasteiger partial charge < -0.3 is 10.1 Å². The normalized spacial score (nSPS) is 12.6. The molecule has 0 bridgehead atoms. The fourth-order valence-corrected chi connectivity index (χ4v) is 3.18. The molecule has 2 heterocycles. The number of hydrogen-bond donors (Lipinski definition) is 1. The van der Waals surface area contributed by atoms with Gasteiger partial charge in [0, 0.05) is 46.6 Å². The van der Waals surface area contributed by atoms with Gasteiger partial charge in [-0.3, -0.25) is 4.79 Å². The van der Waals surface area contributed by atoms with Crippen molar-refractivity contribution >= 4 is 17.2 Å². The molecule has 1 aromatic carbocycles. The first-order valence-electron chi connectivity index (χ1n) is 8.76. The quantitative estimate of drug-likeness (QED) is 0.789. The molecular weight excluding hydrogens is 312 g/mol. The van der Waals surface area contributed by atoms with Crippen molar-refractivity contribution in [3.63, 3.8) is 0 Å². The Bertz CT molecular complexity index is 825. The van der Waals surface area contributed by atoms with Crippen LogP contribution in [-0.2, 0) is 12.8 Å². The van der Waals surface area contributed by atoms with Gasteiger partial charge in [-0.2, -0.15) is 0 Å². The molecular formula is C21H24N2O2. The first kappa shape index (κ1) is 17.2. The summed E-state index contributed by atoms with van der Waals surface area (Å²) in [5.41, 5.74) is 5.46. The van der Waals surface area contributed by atoms with Crippen LogP contribution in [0, 0.1) is 5.92 Å². The Morgan fingerprint density at radius 1 is 1.36 bits per heavy atom. The van der Waals surface area contributed by atoms with E-state index in [1.807, 2.05) is 38.1 Å². The number of Topliss-reactive ketones (excluding diaryl/α,β-unsaturated/α-hetero) is 1. The summed E-state index contributed by atoms with van der Waals surface area (Å²) in [7, 11) is 0. The van der Waals surface area contributed by atoms with Gasteiger partial charge in [0.1, 0.15) is 0 Å². The number of fused-ring (bicyclic) bond motifs is 1. The van der Waals surface area contributed by atoms with Gasteiger partial charge in [-0.05, 0) is 24.1 Å². The lowest BCUT2D eigenvalue weighted by Crippen LogP contribution is -2.14. The van der Waals surface area contributed by atoms with E-state index in [0.717, 1.165) is 46.5 Å². The number of nitrogens with one attached hydrogen (secondary N) is 1. The fraction of sp³-hybridized carbons (Fsp3) is 0.333. The number of carbonyl (C=O) groups excluding carboxylic acids is 1. The molecule has 0 saturated heterocycles. The lowest BCUT2D eigenvalue weighted by atomic mass is 9.93. The Morgan fingerprint density at radius 3 is 2.88 bits per heavy atom. The van der Waals surface area contributed by atoms with E-state index in [1.54, 1.807) is 6.20 Å². The number of pyridine rings is 1. The van der Waals surface area contributed by atoms with Crippen LogP contribution in [-0.4, -0.2) is 17.4 Å². The van der Waals surface area contributed by atoms with Crippen LogP contribution < -0.4 is 10.1 Å². The Kier molecular flexibility index (Phi) is 4.88. The number of ether oxygens (including phenoxy) is 1. The van der Waals surface area contributed by atoms with E-state index in [-0.39, 0.29) is 11.7 Å². The molecule has 0 atom stereocenters. The highest BCUT2D eigenvalue weighted by Gasteiger charge is 2.21. The number of nitrogens with zero attached hydrogens (tertiary/aromatic N) is 1. The van der Waals surface area contributed by atoms with Crippen molar-refractivity contribution in [2.24, 2.45) is 5.92 Å². The molecule has 1 aromatic heterocycles. The summed E-state index contributed by atoms with van der Waals surface area (Å²) in [5.74, 6) is 0.775. The summed E-state index contributed by atoms with van der Waals surface area (Å²) in [6.45, 7) is 10.8. The first-order chi connectivity index (χ1) is 12.0. The second-order valence-electron chi connectivity index (χ2n) is 6.56. The number of benzene rings is 1. The summed E-state index contributed by atoms with van der Waals surface area (Å²) < 4.78 is 5.54. The van der Waals surface area contributed by atoms with Gasteiger partial charge in [0.05, 0.1) is 6.61 Å². The molecule has 0 aliphatic carbocycles. The molecule has 1 N–H and O–H groups in total. The molecule has 3 rings (SSSR count). The number of rotatable bonds is 6. The van der Waals surface area contributed by atoms with Gasteiger partial charge in [0.2, 0.25) is 5.88 Å². The molecule has 0 fully saturated rings. The minimum absolute atomic E-state index is 0.0555. The van der Waals surface area contributed by atoms with Gasteiger partial charge in [-0.25, -0.2) is 4.98 Å². The van der Waals surface area contributed by atoms with E-state index in [4.69, 9.17) is 4.74 Å². The Hall–Kier alpha value is -2.62. The zero-order valence-electron chi connectivity index (χ0n) is 15.1. The number of hydrogen-bond acceptors (Lipinski definition) is 4. The third kappa shape index (κ3) is 3.29. The first-order valence-corrected chi connectivity index (χ1v) is 8.76. The molecule has 0 unspecified atom stereocenters. The van der Waals surface area contributed by atoms with E-state index >= 15 is 0 Å². The zero-order valence-corrected chi connectivity index (χ0v) is 15.1. The van der Waals surface area contributed by atoms with E-state index in [9.17, 15) is 4.79 Å². The number of ketones is 1. The van der Waals surface area contributed by atoms with Crippen molar-refractivity contribution in [3.05, 3.63) is 59.3 Å². The zero-order chi connectivity index (χ0) is 18.0. The van der Waals surface area contributed by atoms with Gasteiger partial charge in [-0.1, -0.05) is 39.5 Å². The second kappa shape index (κ2) is 7.09. The number of carbonyl (C=O) groups is 1. The highest BCUT2D eigenvalue weighted by atomic mass is 16.5. The highest BCUT2D eigenvalue weighted by Crippen LogP contribution is 2.32. The summed E-state index contributed by atoms with van der Waals surface area (Å²) >= 11 is 0. The molecule has 1 aliphatic heterocycles. The van der Waals surface area contributed by atoms with Crippen LogP contribution in [0.4, 0.5) is 5.69 Å². The number of anilines is 1. The molecule has 130 valence electrons. The molecule has 4 nitrogen and oxygen atoms in total. The lowest BCUT2D eigenvalue weighted by Gasteiger charge is -2.18. The van der Waals surface area contributed by atoms with Crippen LogP contribution in [0.25, 0.3) is 5.70 Å². The smallest absolute Gasteiger partial charge is 0.217 e. The van der Waals surface area contributed by atoms with E-state index < -0.39 is 0 Å². The maximum atomic E-state index is 12.8. The summed E-state index contributed by atoms with van der Waals surface area (Å²) in [6.07, 6.45) is 3.37. The molecule has 4 heteroatoms. The maximum Gasteiger partial charge on any atom is 0.217 e. The summed E-state index contributed by atoms with van der Waals surface area (Å²) in [4.78, 5) is 17.0. The average Bonchev–Trinajstić information content (AvgIpc) is 3.09. The SMILES string of the molecule is C=C(Nc1cccc(CC)c1C(=O)C(C)C)c1ccnc2c1CCO2. The Balaban J connectivity index is 1.97. The molecule has 0 radical (unpaired) electrons. The molecule has 0 saturated carbocycles. The highest BCUT2D eigenvalue weighted by molar-refractivity contribution is 6.05. The molecule has 2 aromatic rings. The molecule has 0 spiro atoms. The van der Waals surface area contributed by atoms with Gasteiger partial charge >= 0.3 is 0 Å². The minimum Gasteiger partial charge on any atom is -0.477 e. The van der Waals surface area contributed by atoms with Crippen molar-refractivity contribution in [1.82, 2.24) is 4.98 Å². The standard InChI is InChI=1S/C21H24N2O2/c1-5-15-7-6-8-18(19(15)20(24)13(2)3)23-14(4)16-9-11-22-21-17(16)10-12-25-21/h6-9,11,13,23H,4-5,10,12H2,1-3H3. The largest absolute Gasteiger partial charge is 0.477 e. The Morgan fingerprint density at radius 2 is 2.16 bits per heavy atom. The van der Waals surface area contributed by atoms with Crippen LogP contribution in [0.2, 0.25) is 0 Å². The number of aryl methyl sites for hydroxylation is 1. The molecule has 1 aliphatic rings. The van der Waals surface area contributed by atoms with Crippen LogP contribution in [0.1, 0.15) is 47.8 Å². The minimum atomic E-state index is -0.0555. The van der Waals surface area contributed by atoms with Crippen LogP contribution in [0.5, 0.6) is 5.88 Å². The average molecular weight is 336 g/mol. The van der Waals surface area contributed by atoms with E-state index in [1.165, 1.54) is 0 Å². The predicted molar refractivity (Wildman–Crippen MR) is 101 cm³/mol. The van der Waals surface area contributed by atoms with Gasteiger partial charge in [0.15, 0.2) is 5.78 Å². The topological polar surface area (TPSA) is 51.2 Å². The fourth-order valence-electron chi connectivity index (χ4n) is 3.18. The van der Waals surface area contributed by atoms with E-state index in [0.29, 0.717) is 12.5 Å². The molecule has 0 amide bonds.